The quantitative estimate of drug-likeness (QED) is 0.160. The molecule has 0 aliphatic heterocycles. The Labute approximate surface area is 177 Å². The van der Waals surface area contributed by atoms with Crippen molar-refractivity contribution in [3.8, 4) is 0 Å². The second-order valence-electron chi connectivity index (χ2n) is 7.55. The molecule has 174 valence electrons. The van der Waals surface area contributed by atoms with Gasteiger partial charge < -0.3 is 37.6 Å². The Morgan fingerprint density at radius 3 is 2.00 bits per heavy atom. The van der Waals surface area contributed by atoms with Crippen LogP contribution in [-0.4, -0.2) is 70.7 Å². The number of nitrogens with two attached hydrogens (primary N) is 2. The molecule has 0 saturated heterocycles. The zero-order valence-electron chi connectivity index (χ0n) is 18.2. The fraction of sp³-hybridized carbons (Fsp3) is 0.789. The van der Waals surface area contributed by atoms with E-state index in [0.29, 0.717) is 25.8 Å². The molecule has 6 unspecified atom stereocenters. The second-order valence-corrected chi connectivity index (χ2v) is 7.55. The summed E-state index contributed by atoms with van der Waals surface area (Å²) in [5.41, 5.74) is 11.4. The van der Waals surface area contributed by atoms with Gasteiger partial charge in [0.15, 0.2) is 0 Å². The van der Waals surface area contributed by atoms with E-state index in [4.69, 9.17) is 16.6 Å². The lowest BCUT2D eigenvalue weighted by Gasteiger charge is -2.26. The third kappa shape index (κ3) is 9.51. The summed E-state index contributed by atoms with van der Waals surface area (Å²) >= 11 is 0. The summed E-state index contributed by atoms with van der Waals surface area (Å²) < 4.78 is 0. The molecule has 11 nitrogen and oxygen atoms in total. The summed E-state index contributed by atoms with van der Waals surface area (Å²) in [6.45, 7) is 6.68. The van der Waals surface area contributed by atoms with Crippen LogP contribution in [0.25, 0.3) is 0 Å². The lowest BCUT2D eigenvalue weighted by molar-refractivity contribution is -0.142. The molecule has 0 fully saturated rings. The van der Waals surface area contributed by atoms with E-state index in [1.165, 1.54) is 13.8 Å². The molecule has 0 heterocycles. The summed E-state index contributed by atoms with van der Waals surface area (Å²) in [7, 11) is 0. The molecule has 0 spiro atoms. The first-order valence-electron chi connectivity index (χ1n) is 10.2. The van der Waals surface area contributed by atoms with Crippen molar-refractivity contribution >= 4 is 23.7 Å². The Balaban J connectivity index is 5.31. The van der Waals surface area contributed by atoms with Crippen LogP contribution in [0.2, 0.25) is 0 Å². The molecule has 0 rings (SSSR count). The maximum absolute atomic E-state index is 12.8. The highest BCUT2D eigenvalue weighted by atomic mass is 16.4. The zero-order valence-corrected chi connectivity index (χ0v) is 18.2. The van der Waals surface area contributed by atoms with Crippen LogP contribution >= 0.6 is 0 Å². The first-order chi connectivity index (χ1) is 14.0. The number of carbonyl (C=O) groups is 4. The minimum atomic E-state index is -1.39. The van der Waals surface area contributed by atoms with Crippen LogP contribution in [0, 0.1) is 5.92 Å². The van der Waals surface area contributed by atoms with Crippen molar-refractivity contribution in [3.63, 3.8) is 0 Å². The number of carboxylic acids is 1. The topological polar surface area (TPSA) is 197 Å². The summed E-state index contributed by atoms with van der Waals surface area (Å²) in [4.78, 5) is 48.4. The number of aliphatic hydroxyl groups is 1. The molecule has 0 aromatic heterocycles. The molecule has 0 saturated carbocycles. The van der Waals surface area contributed by atoms with Gasteiger partial charge in [-0.1, -0.05) is 20.3 Å². The molecule has 11 heteroatoms. The Kier molecular flexibility index (Phi) is 12.8. The van der Waals surface area contributed by atoms with Gasteiger partial charge >= 0.3 is 5.97 Å². The number of aliphatic carboxylic acids is 1. The number of carbonyl (C=O) groups excluding carboxylic acids is 3. The molecule has 0 aromatic carbocycles. The average Bonchev–Trinajstić information content (AvgIpc) is 2.69. The number of hydrogen-bond acceptors (Lipinski definition) is 7. The lowest BCUT2D eigenvalue weighted by atomic mass is 9.98. The van der Waals surface area contributed by atoms with Crippen molar-refractivity contribution in [1.29, 1.82) is 0 Å². The molecule has 0 bridgehead atoms. The molecule has 6 atom stereocenters. The third-order valence-electron chi connectivity index (χ3n) is 4.93. The van der Waals surface area contributed by atoms with Gasteiger partial charge in [0, 0.05) is 0 Å². The van der Waals surface area contributed by atoms with Crippen molar-refractivity contribution < 1.29 is 29.4 Å². The first kappa shape index (κ1) is 27.8. The van der Waals surface area contributed by atoms with E-state index in [1.54, 1.807) is 0 Å². The predicted molar refractivity (Wildman–Crippen MR) is 111 cm³/mol. The van der Waals surface area contributed by atoms with Crippen LogP contribution < -0.4 is 27.4 Å². The van der Waals surface area contributed by atoms with Gasteiger partial charge in [0.2, 0.25) is 17.7 Å². The summed E-state index contributed by atoms with van der Waals surface area (Å²) in [5, 5.41) is 26.0. The van der Waals surface area contributed by atoms with Crippen LogP contribution in [0.3, 0.4) is 0 Å². The molecule has 0 aliphatic rings. The van der Waals surface area contributed by atoms with Crippen LogP contribution in [0.1, 0.15) is 53.4 Å². The Hall–Kier alpha value is -2.24. The molecule has 30 heavy (non-hydrogen) atoms. The number of rotatable bonds is 14. The van der Waals surface area contributed by atoms with E-state index in [-0.39, 0.29) is 12.3 Å². The second kappa shape index (κ2) is 13.9. The SMILES string of the molecule is CCC(C)C(N)C(=O)NC(CCCCN)C(=O)NC(C(=O)NC(C)C(=O)O)C(C)O. The van der Waals surface area contributed by atoms with E-state index in [9.17, 15) is 24.3 Å². The maximum Gasteiger partial charge on any atom is 0.325 e. The zero-order chi connectivity index (χ0) is 23.4. The van der Waals surface area contributed by atoms with Crippen LogP contribution in [0.15, 0.2) is 0 Å². The molecule has 0 aromatic rings. The third-order valence-corrected chi connectivity index (χ3v) is 4.93. The normalized spacial score (nSPS) is 17.0. The van der Waals surface area contributed by atoms with E-state index >= 15 is 0 Å². The largest absolute Gasteiger partial charge is 0.480 e. The van der Waals surface area contributed by atoms with Crippen molar-refractivity contribution in [1.82, 2.24) is 16.0 Å². The fourth-order valence-corrected chi connectivity index (χ4v) is 2.57. The molecular weight excluding hydrogens is 394 g/mol. The summed E-state index contributed by atoms with van der Waals surface area (Å²) in [6.07, 6.45) is 0.840. The number of amides is 3. The van der Waals surface area contributed by atoms with Gasteiger partial charge in [-0.2, -0.15) is 0 Å². The Bertz CT molecular complexity index is 586. The first-order valence-corrected chi connectivity index (χ1v) is 10.2. The van der Waals surface area contributed by atoms with Crippen molar-refractivity contribution in [2.45, 2.75) is 83.6 Å². The molecule has 9 N–H and O–H groups in total. The van der Waals surface area contributed by atoms with Gasteiger partial charge in [0.1, 0.15) is 18.1 Å². The minimum absolute atomic E-state index is 0.0914. The maximum atomic E-state index is 12.8. The smallest absolute Gasteiger partial charge is 0.325 e. The fourth-order valence-electron chi connectivity index (χ4n) is 2.57. The number of nitrogens with one attached hydrogen (secondary N) is 3. The highest BCUT2D eigenvalue weighted by Crippen LogP contribution is 2.08. The summed E-state index contributed by atoms with van der Waals surface area (Å²) in [5.74, 6) is -3.37. The predicted octanol–water partition coefficient (Wildman–Crippen LogP) is -1.57. The van der Waals surface area contributed by atoms with Crippen molar-refractivity contribution in [2.24, 2.45) is 17.4 Å². The average molecular weight is 432 g/mol. The van der Waals surface area contributed by atoms with Crippen molar-refractivity contribution in [2.75, 3.05) is 6.54 Å². The van der Waals surface area contributed by atoms with Crippen LogP contribution in [-0.2, 0) is 19.2 Å². The van der Waals surface area contributed by atoms with Gasteiger partial charge in [-0.25, -0.2) is 0 Å². The van der Waals surface area contributed by atoms with Crippen LogP contribution in [0.5, 0.6) is 0 Å². The van der Waals surface area contributed by atoms with E-state index in [2.05, 4.69) is 16.0 Å². The van der Waals surface area contributed by atoms with Gasteiger partial charge in [0.25, 0.3) is 0 Å². The van der Waals surface area contributed by atoms with Gasteiger partial charge in [-0.3, -0.25) is 19.2 Å². The Morgan fingerprint density at radius 2 is 1.53 bits per heavy atom. The van der Waals surface area contributed by atoms with Gasteiger partial charge in [0.05, 0.1) is 12.1 Å². The highest BCUT2D eigenvalue weighted by molar-refractivity contribution is 5.94. The van der Waals surface area contributed by atoms with E-state index in [0.717, 1.165) is 0 Å². The Morgan fingerprint density at radius 1 is 0.933 bits per heavy atom. The number of hydrogen-bond donors (Lipinski definition) is 7. The van der Waals surface area contributed by atoms with E-state index < -0.39 is 54.0 Å². The molecule has 3 amide bonds. The number of carboxylic acid groups (broad SMARTS) is 1. The van der Waals surface area contributed by atoms with Gasteiger partial charge in [-0.15, -0.1) is 0 Å². The molecular formula is C19H37N5O6. The van der Waals surface area contributed by atoms with Gasteiger partial charge in [-0.05, 0) is 45.6 Å². The van der Waals surface area contributed by atoms with E-state index in [1.807, 2.05) is 13.8 Å². The number of aliphatic hydroxyl groups excluding tert-OH is 1. The molecule has 0 aliphatic carbocycles. The summed E-state index contributed by atoms with van der Waals surface area (Å²) in [6, 6.07) is -4.38. The molecule has 0 radical (unpaired) electrons. The standard InChI is InChI=1S/C19H37N5O6/c1-5-10(2)14(21)17(27)23-13(8-6-7-9-20)16(26)24-15(12(4)25)18(28)22-11(3)19(29)30/h10-15,25H,5-9,20-21H2,1-4H3,(H,22,28)(H,23,27)(H,24,26)(H,29,30). The number of unbranched alkanes of at least 4 members (excludes halogenated alkanes) is 1. The minimum Gasteiger partial charge on any atom is -0.480 e. The lowest BCUT2D eigenvalue weighted by Crippen LogP contribution is -2.59. The van der Waals surface area contributed by atoms with Crippen LogP contribution in [0.4, 0.5) is 0 Å². The van der Waals surface area contributed by atoms with Crippen molar-refractivity contribution in [3.05, 3.63) is 0 Å². The highest BCUT2D eigenvalue weighted by Gasteiger charge is 2.32. The monoisotopic (exact) mass is 431 g/mol.